The van der Waals surface area contributed by atoms with Crippen molar-refractivity contribution in [3.8, 4) is 0 Å². The first-order valence-corrected chi connectivity index (χ1v) is 7.67. The van der Waals surface area contributed by atoms with E-state index in [1.807, 2.05) is 23.1 Å². The molecule has 21 heavy (non-hydrogen) atoms. The Hall–Kier alpha value is -1.55. The average Bonchev–Trinajstić information content (AvgIpc) is 2.47. The summed E-state index contributed by atoms with van der Waals surface area (Å²) in [6, 6.07) is 10.1. The molecule has 1 aromatic rings. The maximum Gasteiger partial charge on any atom is 0.409 e. The van der Waals surface area contributed by atoms with Crippen LogP contribution in [0.15, 0.2) is 30.3 Å². The Bertz CT molecular complexity index is 446. The number of rotatable bonds is 3. The number of nitrogens with zero attached hydrogens (tertiary/aromatic N) is 2. The smallest absolute Gasteiger partial charge is 0.409 e. The lowest BCUT2D eigenvalue weighted by Gasteiger charge is -2.41. The highest BCUT2D eigenvalue weighted by molar-refractivity contribution is 5.67. The Balaban J connectivity index is 1.70. The van der Waals surface area contributed by atoms with E-state index in [9.17, 15) is 4.79 Å². The van der Waals surface area contributed by atoms with Gasteiger partial charge >= 0.3 is 6.09 Å². The van der Waals surface area contributed by atoms with E-state index < -0.39 is 0 Å². The van der Waals surface area contributed by atoms with E-state index >= 15 is 0 Å². The number of carbonyl (C=O) groups excluding carboxylic acids is 1. The van der Waals surface area contributed by atoms with E-state index in [-0.39, 0.29) is 11.6 Å². The quantitative estimate of drug-likeness (QED) is 0.858. The zero-order chi connectivity index (χ0) is 15.3. The normalized spacial score (nSPS) is 16.8. The van der Waals surface area contributed by atoms with Gasteiger partial charge in [0.25, 0.3) is 0 Å². The Morgan fingerprint density at radius 1 is 1.10 bits per heavy atom. The Kier molecular flexibility index (Phi) is 5.23. The third kappa shape index (κ3) is 4.74. The van der Waals surface area contributed by atoms with Crippen molar-refractivity contribution in [1.82, 2.24) is 9.80 Å². The minimum Gasteiger partial charge on any atom is -0.449 e. The van der Waals surface area contributed by atoms with Crippen LogP contribution in [0.4, 0.5) is 4.79 Å². The van der Waals surface area contributed by atoms with Gasteiger partial charge in [0.05, 0.1) is 6.61 Å². The van der Waals surface area contributed by atoms with Crippen LogP contribution >= 0.6 is 0 Å². The molecule has 1 heterocycles. The predicted octanol–water partition coefficient (Wildman–Crippen LogP) is 2.78. The molecule has 116 valence electrons. The molecule has 1 aliphatic rings. The maximum absolute atomic E-state index is 12.0. The molecule has 0 saturated carbocycles. The summed E-state index contributed by atoms with van der Waals surface area (Å²) in [5.41, 5.74) is 1.37. The third-order valence-electron chi connectivity index (χ3n) is 3.95. The van der Waals surface area contributed by atoms with Gasteiger partial charge in [-0.3, -0.25) is 4.90 Å². The zero-order valence-corrected chi connectivity index (χ0v) is 13.3. The maximum atomic E-state index is 12.0. The largest absolute Gasteiger partial charge is 0.449 e. The van der Waals surface area contributed by atoms with E-state index in [0.717, 1.165) is 32.6 Å². The van der Waals surface area contributed by atoms with E-state index in [1.165, 1.54) is 5.56 Å². The number of hydrogen-bond donors (Lipinski definition) is 0. The Morgan fingerprint density at radius 2 is 1.71 bits per heavy atom. The minimum absolute atomic E-state index is 0.170. The topological polar surface area (TPSA) is 32.8 Å². The fourth-order valence-corrected chi connectivity index (χ4v) is 2.55. The Morgan fingerprint density at radius 3 is 2.29 bits per heavy atom. The van der Waals surface area contributed by atoms with Crippen LogP contribution in [-0.4, -0.2) is 54.2 Å². The molecule has 0 N–H and O–H groups in total. The summed E-state index contributed by atoms with van der Waals surface area (Å²) in [7, 11) is 0. The van der Waals surface area contributed by atoms with E-state index in [2.05, 4.69) is 37.8 Å². The fraction of sp³-hybridized carbons (Fsp3) is 0.588. The molecule has 4 heteroatoms. The van der Waals surface area contributed by atoms with Crippen LogP contribution in [0.5, 0.6) is 0 Å². The Labute approximate surface area is 127 Å². The summed E-state index contributed by atoms with van der Waals surface area (Å²) >= 11 is 0. The second kappa shape index (κ2) is 6.94. The zero-order valence-electron chi connectivity index (χ0n) is 13.3. The molecule has 0 aliphatic carbocycles. The average molecular weight is 290 g/mol. The SMILES string of the molecule is CC(C)(C)N1CCN(C(=O)OCCc2ccccc2)CC1. The van der Waals surface area contributed by atoms with Crippen molar-refractivity contribution >= 4 is 6.09 Å². The summed E-state index contributed by atoms with van der Waals surface area (Å²) in [4.78, 5) is 16.2. The second-order valence-corrected chi connectivity index (χ2v) is 6.49. The van der Waals surface area contributed by atoms with Crippen LogP contribution in [0.3, 0.4) is 0 Å². The molecule has 0 atom stereocenters. The molecule has 1 fully saturated rings. The lowest BCUT2D eigenvalue weighted by molar-refractivity contribution is 0.0462. The molecule has 0 radical (unpaired) electrons. The highest BCUT2D eigenvalue weighted by Crippen LogP contribution is 2.16. The minimum atomic E-state index is -0.181. The second-order valence-electron chi connectivity index (χ2n) is 6.49. The van der Waals surface area contributed by atoms with Gasteiger partial charge in [-0.2, -0.15) is 0 Å². The van der Waals surface area contributed by atoms with Crippen LogP contribution in [0.2, 0.25) is 0 Å². The van der Waals surface area contributed by atoms with Crippen molar-refractivity contribution in [3.63, 3.8) is 0 Å². The summed E-state index contributed by atoms with van der Waals surface area (Å²) in [5.74, 6) is 0. The van der Waals surface area contributed by atoms with Crippen molar-refractivity contribution in [2.24, 2.45) is 0 Å². The molecule has 1 aliphatic heterocycles. The van der Waals surface area contributed by atoms with Crippen LogP contribution < -0.4 is 0 Å². The number of hydrogen-bond acceptors (Lipinski definition) is 3. The number of ether oxygens (including phenoxy) is 1. The highest BCUT2D eigenvalue weighted by Gasteiger charge is 2.28. The lowest BCUT2D eigenvalue weighted by Crippen LogP contribution is -2.54. The molecular formula is C17H26N2O2. The fourth-order valence-electron chi connectivity index (χ4n) is 2.55. The summed E-state index contributed by atoms with van der Waals surface area (Å²) in [5, 5.41) is 0. The van der Waals surface area contributed by atoms with Gasteiger partial charge in [-0.1, -0.05) is 30.3 Å². The molecule has 2 rings (SSSR count). The van der Waals surface area contributed by atoms with Gasteiger partial charge in [0.1, 0.15) is 0 Å². The van der Waals surface area contributed by atoms with E-state index in [1.54, 1.807) is 0 Å². The number of carbonyl (C=O) groups is 1. The monoisotopic (exact) mass is 290 g/mol. The van der Waals surface area contributed by atoms with Crippen molar-refractivity contribution in [2.75, 3.05) is 32.8 Å². The van der Waals surface area contributed by atoms with Crippen LogP contribution in [0, 0.1) is 0 Å². The molecule has 0 unspecified atom stereocenters. The van der Waals surface area contributed by atoms with Crippen molar-refractivity contribution in [1.29, 1.82) is 0 Å². The van der Waals surface area contributed by atoms with Crippen molar-refractivity contribution in [2.45, 2.75) is 32.7 Å². The molecular weight excluding hydrogens is 264 g/mol. The van der Waals surface area contributed by atoms with Gasteiger partial charge in [0.2, 0.25) is 0 Å². The number of piperazine rings is 1. The van der Waals surface area contributed by atoms with Crippen LogP contribution in [-0.2, 0) is 11.2 Å². The summed E-state index contributed by atoms with van der Waals surface area (Å²) < 4.78 is 5.37. The van der Waals surface area contributed by atoms with Gasteiger partial charge < -0.3 is 9.64 Å². The third-order valence-corrected chi connectivity index (χ3v) is 3.95. The first-order valence-electron chi connectivity index (χ1n) is 7.67. The van der Waals surface area contributed by atoms with Crippen molar-refractivity contribution in [3.05, 3.63) is 35.9 Å². The van der Waals surface area contributed by atoms with Gasteiger partial charge in [-0.05, 0) is 26.3 Å². The molecule has 1 saturated heterocycles. The van der Waals surface area contributed by atoms with Gasteiger partial charge in [0, 0.05) is 38.1 Å². The molecule has 1 aromatic carbocycles. The first-order chi connectivity index (χ1) is 9.97. The summed E-state index contributed by atoms with van der Waals surface area (Å²) in [6.07, 6.45) is 0.591. The first kappa shape index (κ1) is 15.8. The lowest BCUT2D eigenvalue weighted by atomic mass is 10.1. The molecule has 0 aromatic heterocycles. The number of amides is 1. The van der Waals surface area contributed by atoms with E-state index in [0.29, 0.717) is 6.61 Å². The molecule has 1 amide bonds. The van der Waals surface area contributed by atoms with Crippen LogP contribution in [0.25, 0.3) is 0 Å². The van der Waals surface area contributed by atoms with Gasteiger partial charge in [0.15, 0.2) is 0 Å². The highest BCUT2D eigenvalue weighted by atomic mass is 16.6. The number of benzene rings is 1. The molecule has 0 spiro atoms. The summed E-state index contributed by atoms with van der Waals surface area (Å²) in [6.45, 7) is 10.4. The van der Waals surface area contributed by atoms with Crippen molar-refractivity contribution < 1.29 is 9.53 Å². The standard InChI is InChI=1S/C17H26N2O2/c1-17(2,3)19-12-10-18(11-13-19)16(20)21-14-9-15-7-5-4-6-8-15/h4-8H,9-14H2,1-3H3. The van der Waals surface area contributed by atoms with Gasteiger partial charge in [-0.15, -0.1) is 0 Å². The molecule has 0 bridgehead atoms. The molecule has 4 nitrogen and oxygen atoms in total. The van der Waals surface area contributed by atoms with Gasteiger partial charge in [-0.25, -0.2) is 4.79 Å². The predicted molar refractivity (Wildman–Crippen MR) is 84.4 cm³/mol. The van der Waals surface area contributed by atoms with Crippen LogP contribution in [0.1, 0.15) is 26.3 Å². The van der Waals surface area contributed by atoms with E-state index in [4.69, 9.17) is 4.74 Å².